The summed E-state index contributed by atoms with van der Waals surface area (Å²) in [5.41, 5.74) is 0.577. The molecule has 2 rings (SSSR count). The van der Waals surface area contributed by atoms with Crippen molar-refractivity contribution in [1.29, 1.82) is 0 Å². The molecular weight excluding hydrogens is 374 g/mol. The first-order chi connectivity index (χ1) is 7.99. The van der Waals surface area contributed by atoms with E-state index in [0.717, 1.165) is 4.90 Å². The molecule has 0 N–H and O–H groups in total. The first kappa shape index (κ1) is 12.9. The van der Waals surface area contributed by atoms with Crippen LogP contribution in [0.4, 0.5) is 0 Å². The number of hydrogen-bond acceptors (Lipinski definition) is 4. The van der Waals surface area contributed by atoms with Crippen LogP contribution < -0.4 is 0 Å². The molecule has 0 fully saturated rings. The minimum atomic E-state index is -0.530. The van der Waals surface area contributed by atoms with E-state index < -0.39 is 17.7 Å². The maximum Gasteiger partial charge on any atom is 0.270 e. The predicted molar refractivity (Wildman–Crippen MR) is 70.1 cm³/mol. The first-order valence-electron chi connectivity index (χ1n) is 4.88. The molecule has 17 heavy (non-hydrogen) atoms. The van der Waals surface area contributed by atoms with E-state index in [4.69, 9.17) is 0 Å². The Morgan fingerprint density at radius 2 is 1.65 bits per heavy atom. The Morgan fingerprint density at radius 1 is 1.18 bits per heavy atom. The van der Waals surface area contributed by atoms with E-state index in [1.807, 2.05) is 6.92 Å². The molecule has 1 aliphatic rings. The average Bonchev–Trinajstić information content (AvgIpc) is 2.66. The lowest BCUT2D eigenvalue weighted by Gasteiger charge is -2.11. The van der Waals surface area contributed by atoms with E-state index in [1.165, 1.54) is 11.3 Å². The van der Waals surface area contributed by atoms with Crippen molar-refractivity contribution in [2.75, 3.05) is 0 Å². The number of carbonyl (C=O) groups excluding carboxylic acids is 3. The fourth-order valence-electron chi connectivity index (χ4n) is 1.63. The number of fused-ring (bicyclic) bond motifs is 1. The monoisotopic (exact) mass is 379 g/mol. The number of amides is 3. The summed E-state index contributed by atoms with van der Waals surface area (Å²) in [4.78, 5) is 36.4. The Hall–Kier alpha value is -0.530. The van der Waals surface area contributed by atoms with Gasteiger partial charge in [0.15, 0.2) is 0 Å². The molecule has 4 nitrogen and oxygen atoms in total. The van der Waals surface area contributed by atoms with Crippen molar-refractivity contribution in [2.45, 2.75) is 19.8 Å². The van der Waals surface area contributed by atoms with E-state index in [-0.39, 0.29) is 17.5 Å². The molecule has 0 aliphatic carbocycles. The summed E-state index contributed by atoms with van der Waals surface area (Å²) in [7, 11) is 0. The Balaban J connectivity index is 2.46. The third-order valence-electron chi connectivity index (χ3n) is 2.37. The zero-order valence-electron chi connectivity index (χ0n) is 8.75. The molecule has 0 radical (unpaired) electrons. The highest BCUT2D eigenvalue weighted by Gasteiger charge is 2.43. The summed E-state index contributed by atoms with van der Waals surface area (Å²) >= 11 is 7.72. The van der Waals surface area contributed by atoms with Crippen molar-refractivity contribution in [3.8, 4) is 0 Å². The lowest BCUT2D eigenvalue weighted by Crippen LogP contribution is -2.36. The van der Waals surface area contributed by atoms with Gasteiger partial charge in [0.05, 0.1) is 18.7 Å². The van der Waals surface area contributed by atoms with E-state index in [0.29, 0.717) is 14.0 Å². The highest BCUT2D eigenvalue weighted by molar-refractivity contribution is 9.12. The van der Waals surface area contributed by atoms with Gasteiger partial charge >= 0.3 is 0 Å². The van der Waals surface area contributed by atoms with E-state index in [1.54, 1.807) is 0 Å². The summed E-state index contributed by atoms with van der Waals surface area (Å²) in [6, 6.07) is 0. The molecule has 0 bridgehead atoms. The summed E-state index contributed by atoms with van der Waals surface area (Å²) in [5.74, 6) is -1.50. The normalized spacial score (nSPS) is 14.4. The minimum Gasteiger partial charge on any atom is -0.274 e. The maximum atomic E-state index is 12.0. The standard InChI is InChI=1S/C10H7Br2NO3S/c1-2-3-4(14)13-9(15)5-6(10(13)16)8(12)17-7(5)11/h2-3H2,1H3. The molecule has 1 aromatic heterocycles. The highest BCUT2D eigenvalue weighted by atomic mass is 79.9. The fraction of sp³-hybridized carbons (Fsp3) is 0.300. The summed E-state index contributed by atoms with van der Waals surface area (Å²) < 4.78 is 1.15. The fourth-order valence-corrected chi connectivity index (χ4v) is 4.73. The van der Waals surface area contributed by atoms with Gasteiger partial charge in [-0.3, -0.25) is 14.4 Å². The molecule has 3 amide bonds. The van der Waals surface area contributed by atoms with Gasteiger partial charge in [-0.25, -0.2) is 4.90 Å². The second-order valence-corrected chi connectivity index (χ2v) is 7.15. The molecule has 0 atom stereocenters. The number of hydrogen-bond donors (Lipinski definition) is 0. The van der Waals surface area contributed by atoms with Crippen LogP contribution in [0.2, 0.25) is 0 Å². The quantitative estimate of drug-likeness (QED) is 0.740. The second-order valence-electron chi connectivity index (χ2n) is 3.49. The van der Waals surface area contributed by atoms with Gasteiger partial charge in [0, 0.05) is 6.42 Å². The molecule has 90 valence electrons. The summed E-state index contributed by atoms with van der Waals surface area (Å²) in [5, 5.41) is 0. The van der Waals surface area contributed by atoms with Crippen molar-refractivity contribution in [3.05, 3.63) is 18.7 Å². The van der Waals surface area contributed by atoms with Gasteiger partial charge in [-0.1, -0.05) is 6.92 Å². The number of carbonyl (C=O) groups is 3. The van der Waals surface area contributed by atoms with Gasteiger partial charge < -0.3 is 0 Å². The van der Waals surface area contributed by atoms with Crippen LogP contribution in [0.3, 0.4) is 0 Å². The molecule has 0 spiro atoms. The zero-order valence-corrected chi connectivity index (χ0v) is 12.7. The Kier molecular flexibility index (Phi) is 3.51. The molecule has 2 heterocycles. The molecule has 0 saturated heterocycles. The third kappa shape index (κ3) is 1.90. The molecule has 0 saturated carbocycles. The van der Waals surface area contributed by atoms with Crippen LogP contribution in [0.1, 0.15) is 40.5 Å². The molecule has 0 aromatic carbocycles. The molecule has 7 heteroatoms. The minimum absolute atomic E-state index is 0.195. The molecular formula is C10H7Br2NO3S. The summed E-state index contributed by atoms with van der Waals surface area (Å²) in [6.45, 7) is 1.82. The maximum absolute atomic E-state index is 12.0. The van der Waals surface area contributed by atoms with Gasteiger partial charge in [-0.15, -0.1) is 11.3 Å². The number of thiophene rings is 1. The van der Waals surface area contributed by atoms with E-state index in [2.05, 4.69) is 31.9 Å². The van der Waals surface area contributed by atoms with Crippen molar-refractivity contribution in [2.24, 2.45) is 0 Å². The Bertz CT molecular complexity index is 501. The Labute approximate surface area is 118 Å². The van der Waals surface area contributed by atoms with Crippen LogP contribution in [0.15, 0.2) is 7.57 Å². The summed E-state index contributed by atoms with van der Waals surface area (Å²) in [6.07, 6.45) is 0.797. The SMILES string of the molecule is CCCC(=O)N1C(=O)c2c(Br)sc(Br)c2C1=O. The number of imide groups is 3. The average molecular weight is 381 g/mol. The van der Waals surface area contributed by atoms with Crippen LogP contribution in [0.25, 0.3) is 0 Å². The topological polar surface area (TPSA) is 54.5 Å². The van der Waals surface area contributed by atoms with Crippen LogP contribution in [-0.2, 0) is 4.79 Å². The van der Waals surface area contributed by atoms with Gasteiger partial charge in [0.2, 0.25) is 5.91 Å². The number of rotatable bonds is 2. The van der Waals surface area contributed by atoms with Crippen molar-refractivity contribution in [1.82, 2.24) is 4.90 Å². The van der Waals surface area contributed by atoms with Gasteiger partial charge in [0.1, 0.15) is 0 Å². The van der Waals surface area contributed by atoms with Crippen LogP contribution in [0.5, 0.6) is 0 Å². The third-order valence-corrected chi connectivity index (χ3v) is 4.90. The highest BCUT2D eigenvalue weighted by Crippen LogP contribution is 2.42. The largest absolute Gasteiger partial charge is 0.274 e. The molecule has 1 aliphatic heterocycles. The Morgan fingerprint density at radius 3 is 2.06 bits per heavy atom. The van der Waals surface area contributed by atoms with Crippen LogP contribution in [-0.4, -0.2) is 22.6 Å². The zero-order chi connectivity index (χ0) is 12.7. The van der Waals surface area contributed by atoms with Gasteiger partial charge in [0.25, 0.3) is 11.8 Å². The second kappa shape index (κ2) is 4.62. The number of nitrogens with zero attached hydrogens (tertiary/aromatic N) is 1. The van der Waals surface area contributed by atoms with Crippen LogP contribution in [0, 0.1) is 0 Å². The van der Waals surface area contributed by atoms with Gasteiger partial charge in [-0.05, 0) is 38.3 Å². The molecule has 0 unspecified atom stereocenters. The smallest absolute Gasteiger partial charge is 0.270 e. The van der Waals surface area contributed by atoms with Crippen LogP contribution >= 0.6 is 43.2 Å². The van der Waals surface area contributed by atoms with E-state index in [9.17, 15) is 14.4 Å². The molecule has 1 aromatic rings. The van der Waals surface area contributed by atoms with Gasteiger partial charge in [-0.2, -0.15) is 0 Å². The van der Waals surface area contributed by atoms with Crippen molar-refractivity contribution >= 4 is 60.9 Å². The first-order valence-corrected chi connectivity index (χ1v) is 7.28. The lowest BCUT2D eigenvalue weighted by atomic mass is 10.2. The number of halogens is 2. The predicted octanol–water partition coefficient (Wildman–Crippen LogP) is 3.20. The lowest BCUT2D eigenvalue weighted by molar-refractivity contribution is -0.126. The van der Waals surface area contributed by atoms with E-state index >= 15 is 0 Å². The van der Waals surface area contributed by atoms with Crippen molar-refractivity contribution in [3.63, 3.8) is 0 Å². The van der Waals surface area contributed by atoms with Crippen molar-refractivity contribution < 1.29 is 14.4 Å².